The van der Waals surface area contributed by atoms with Crippen LogP contribution in [0, 0.1) is 13.8 Å². The van der Waals surface area contributed by atoms with Gasteiger partial charge in [-0.2, -0.15) is 0 Å². The standard InChI is InChI=1S/C15H23N3O4S/c1-10-7-12(23(20,21)18(3)4)8-13(11(10)2)17-15(19)14-9-16-5-6-22-14/h7-8,14,16H,5-6,9H2,1-4H3,(H,17,19). The quantitative estimate of drug-likeness (QED) is 0.832. The molecule has 0 aromatic heterocycles. The van der Waals surface area contributed by atoms with E-state index in [1.165, 1.54) is 20.2 Å². The predicted octanol–water partition coefficient (Wildman–Crippen LogP) is 0.481. The Morgan fingerprint density at radius 1 is 1.35 bits per heavy atom. The maximum atomic E-state index is 12.3. The topological polar surface area (TPSA) is 87.7 Å². The summed E-state index contributed by atoms with van der Waals surface area (Å²) in [6.07, 6.45) is -0.572. The Labute approximate surface area is 137 Å². The van der Waals surface area contributed by atoms with Crippen molar-refractivity contribution >= 4 is 21.6 Å². The minimum atomic E-state index is -3.56. The molecule has 0 spiro atoms. The number of ether oxygens (including phenoxy) is 1. The first kappa shape index (κ1) is 17.9. The van der Waals surface area contributed by atoms with Gasteiger partial charge in [0.05, 0.1) is 11.5 Å². The van der Waals surface area contributed by atoms with E-state index in [4.69, 9.17) is 4.74 Å². The van der Waals surface area contributed by atoms with Crippen LogP contribution in [0.1, 0.15) is 11.1 Å². The molecular weight excluding hydrogens is 318 g/mol. The lowest BCUT2D eigenvalue weighted by molar-refractivity contribution is -0.128. The minimum absolute atomic E-state index is 0.156. The van der Waals surface area contributed by atoms with Crippen molar-refractivity contribution in [1.82, 2.24) is 9.62 Å². The lowest BCUT2D eigenvalue weighted by atomic mass is 10.1. The summed E-state index contributed by atoms with van der Waals surface area (Å²) in [5.41, 5.74) is 2.12. The van der Waals surface area contributed by atoms with Crippen LogP contribution in [0.2, 0.25) is 0 Å². The third kappa shape index (κ3) is 3.89. The van der Waals surface area contributed by atoms with Crippen molar-refractivity contribution in [2.45, 2.75) is 24.8 Å². The molecule has 0 radical (unpaired) electrons. The molecule has 2 rings (SSSR count). The van der Waals surface area contributed by atoms with E-state index in [2.05, 4.69) is 10.6 Å². The molecule has 23 heavy (non-hydrogen) atoms. The summed E-state index contributed by atoms with van der Waals surface area (Å²) in [6.45, 7) is 5.30. The smallest absolute Gasteiger partial charge is 0.254 e. The maximum Gasteiger partial charge on any atom is 0.254 e. The average molecular weight is 341 g/mol. The van der Waals surface area contributed by atoms with Crippen molar-refractivity contribution in [2.24, 2.45) is 0 Å². The molecule has 128 valence electrons. The molecule has 1 unspecified atom stereocenters. The molecule has 0 saturated carbocycles. The van der Waals surface area contributed by atoms with Gasteiger partial charge in [-0.1, -0.05) is 0 Å². The molecular formula is C15H23N3O4S. The predicted molar refractivity (Wildman–Crippen MR) is 88.0 cm³/mol. The Morgan fingerprint density at radius 2 is 2.04 bits per heavy atom. The lowest BCUT2D eigenvalue weighted by Crippen LogP contribution is -2.45. The average Bonchev–Trinajstić information content (AvgIpc) is 2.52. The molecule has 0 bridgehead atoms. The number of anilines is 1. The zero-order valence-corrected chi connectivity index (χ0v) is 14.7. The zero-order valence-electron chi connectivity index (χ0n) is 13.8. The van der Waals surface area contributed by atoms with Gasteiger partial charge < -0.3 is 15.4 Å². The van der Waals surface area contributed by atoms with E-state index in [1.807, 2.05) is 13.8 Å². The van der Waals surface area contributed by atoms with E-state index >= 15 is 0 Å². The van der Waals surface area contributed by atoms with Gasteiger partial charge in [-0.15, -0.1) is 0 Å². The first-order valence-corrected chi connectivity index (χ1v) is 8.84. The van der Waals surface area contributed by atoms with Crippen LogP contribution in [0.5, 0.6) is 0 Å². The van der Waals surface area contributed by atoms with Crippen molar-refractivity contribution in [3.63, 3.8) is 0 Å². The molecule has 1 saturated heterocycles. The van der Waals surface area contributed by atoms with Gasteiger partial charge in [0.1, 0.15) is 6.10 Å². The summed E-state index contributed by atoms with van der Waals surface area (Å²) in [6, 6.07) is 3.10. The summed E-state index contributed by atoms with van der Waals surface area (Å²) in [5.74, 6) is -0.279. The van der Waals surface area contributed by atoms with E-state index in [9.17, 15) is 13.2 Å². The molecule has 1 heterocycles. The number of carbonyl (C=O) groups is 1. The second kappa shape index (κ2) is 6.96. The molecule has 1 atom stereocenters. The Morgan fingerprint density at radius 3 is 2.61 bits per heavy atom. The van der Waals surface area contributed by atoms with Gasteiger partial charge in [0.2, 0.25) is 10.0 Å². The number of nitrogens with one attached hydrogen (secondary N) is 2. The van der Waals surface area contributed by atoms with Crippen molar-refractivity contribution in [2.75, 3.05) is 39.1 Å². The van der Waals surface area contributed by atoms with E-state index in [1.54, 1.807) is 6.07 Å². The van der Waals surface area contributed by atoms with Crippen LogP contribution in [0.15, 0.2) is 17.0 Å². The molecule has 8 heteroatoms. The third-order valence-corrected chi connectivity index (χ3v) is 5.69. The van der Waals surface area contributed by atoms with Crippen LogP contribution in [0.3, 0.4) is 0 Å². The van der Waals surface area contributed by atoms with Gasteiger partial charge in [-0.05, 0) is 37.1 Å². The monoisotopic (exact) mass is 341 g/mol. The van der Waals surface area contributed by atoms with Crippen LogP contribution >= 0.6 is 0 Å². The van der Waals surface area contributed by atoms with Gasteiger partial charge in [0.25, 0.3) is 5.91 Å². The summed E-state index contributed by atoms with van der Waals surface area (Å²) in [7, 11) is -0.608. The number of morpholine rings is 1. The van der Waals surface area contributed by atoms with Crippen molar-refractivity contribution in [1.29, 1.82) is 0 Å². The zero-order chi connectivity index (χ0) is 17.2. The lowest BCUT2D eigenvalue weighted by Gasteiger charge is -2.23. The van der Waals surface area contributed by atoms with E-state index in [0.717, 1.165) is 22.0 Å². The fourth-order valence-corrected chi connectivity index (χ4v) is 3.28. The highest BCUT2D eigenvalue weighted by Crippen LogP contribution is 2.25. The van der Waals surface area contributed by atoms with E-state index < -0.39 is 16.1 Å². The van der Waals surface area contributed by atoms with Crippen LogP contribution in [0.25, 0.3) is 0 Å². The normalized spacial score (nSPS) is 18.9. The van der Waals surface area contributed by atoms with Crippen LogP contribution < -0.4 is 10.6 Å². The van der Waals surface area contributed by atoms with Gasteiger partial charge >= 0.3 is 0 Å². The Hall–Kier alpha value is -1.48. The van der Waals surface area contributed by atoms with Gasteiger partial charge in [-0.3, -0.25) is 4.79 Å². The Balaban J connectivity index is 2.31. The summed E-state index contributed by atoms with van der Waals surface area (Å²) in [5, 5.41) is 5.87. The highest BCUT2D eigenvalue weighted by molar-refractivity contribution is 7.89. The number of hydrogen-bond donors (Lipinski definition) is 2. The van der Waals surface area contributed by atoms with Crippen molar-refractivity contribution in [3.05, 3.63) is 23.3 Å². The number of benzene rings is 1. The number of amides is 1. The molecule has 1 fully saturated rings. The largest absolute Gasteiger partial charge is 0.366 e. The number of carbonyl (C=O) groups excluding carboxylic acids is 1. The van der Waals surface area contributed by atoms with Gasteiger partial charge in [0, 0.05) is 32.9 Å². The number of aryl methyl sites for hydroxylation is 1. The van der Waals surface area contributed by atoms with Gasteiger partial charge in [-0.25, -0.2) is 12.7 Å². The van der Waals surface area contributed by atoms with Crippen molar-refractivity contribution in [3.8, 4) is 0 Å². The number of sulfonamides is 1. The fraction of sp³-hybridized carbons (Fsp3) is 0.533. The van der Waals surface area contributed by atoms with Crippen LogP contribution in [0.4, 0.5) is 5.69 Å². The van der Waals surface area contributed by atoms with Crippen LogP contribution in [-0.2, 0) is 19.6 Å². The highest BCUT2D eigenvalue weighted by atomic mass is 32.2. The Bertz CT molecular complexity index is 695. The van der Waals surface area contributed by atoms with Gasteiger partial charge in [0.15, 0.2) is 0 Å². The van der Waals surface area contributed by atoms with Crippen molar-refractivity contribution < 1.29 is 17.9 Å². The fourth-order valence-electron chi connectivity index (χ4n) is 2.26. The molecule has 2 N–H and O–H groups in total. The highest BCUT2D eigenvalue weighted by Gasteiger charge is 2.24. The number of rotatable bonds is 4. The number of nitrogens with zero attached hydrogens (tertiary/aromatic N) is 1. The SMILES string of the molecule is Cc1cc(S(=O)(=O)N(C)C)cc(NC(=O)C2CNCCO2)c1C. The molecule has 1 aromatic rings. The minimum Gasteiger partial charge on any atom is -0.366 e. The number of hydrogen-bond acceptors (Lipinski definition) is 5. The molecule has 7 nitrogen and oxygen atoms in total. The molecule has 1 aromatic carbocycles. The summed E-state index contributed by atoms with van der Waals surface area (Å²) < 4.78 is 31.2. The molecule has 0 aliphatic carbocycles. The second-order valence-corrected chi connectivity index (χ2v) is 7.90. The molecule has 1 aliphatic heterocycles. The second-order valence-electron chi connectivity index (χ2n) is 5.75. The first-order chi connectivity index (χ1) is 10.7. The van der Waals surface area contributed by atoms with Crippen LogP contribution in [-0.4, -0.2) is 58.5 Å². The molecule has 1 aliphatic rings. The summed E-state index contributed by atoms with van der Waals surface area (Å²) in [4.78, 5) is 12.4. The first-order valence-electron chi connectivity index (χ1n) is 7.40. The van der Waals surface area contributed by atoms with E-state index in [0.29, 0.717) is 18.8 Å². The van der Waals surface area contributed by atoms with E-state index in [-0.39, 0.29) is 10.8 Å². The molecule has 1 amide bonds. The summed E-state index contributed by atoms with van der Waals surface area (Å²) >= 11 is 0. The Kier molecular flexibility index (Phi) is 5.41. The third-order valence-electron chi connectivity index (χ3n) is 3.90. The maximum absolute atomic E-state index is 12.3.